The van der Waals surface area contributed by atoms with Crippen molar-refractivity contribution in [3.63, 3.8) is 0 Å². The third-order valence-electron chi connectivity index (χ3n) is 4.50. The number of para-hydroxylation sites is 1. The van der Waals surface area contributed by atoms with Gasteiger partial charge >= 0.3 is 5.97 Å². The van der Waals surface area contributed by atoms with Crippen LogP contribution in [-0.4, -0.2) is 25.1 Å². The van der Waals surface area contributed by atoms with E-state index in [0.29, 0.717) is 24.9 Å². The molecule has 1 aliphatic rings. The lowest BCUT2D eigenvalue weighted by Gasteiger charge is -2.12. The van der Waals surface area contributed by atoms with Crippen molar-refractivity contribution in [1.29, 1.82) is 0 Å². The third-order valence-corrected chi connectivity index (χ3v) is 5.36. The van der Waals surface area contributed by atoms with Crippen LogP contribution < -0.4 is 9.47 Å². The van der Waals surface area contributed by atoms with Gasteiger partial charge in [0, 0.05) is 5.56 Å². The number of rotatable bonds is 7. The molecule has 0 amide bonds. The van der Waals surface area contributed by atoms with Crippen molar-refractivity contribution in [2.24, 2.45) is 4.99 Å². The summed E-state index contributed by atoms with van der Waals surface area (Å²) in [6.07, 6.45) is 1.70. The Hall–Kier alpha value is -3.38. The van der Waals surface area contributed by atoms with Crippen molar-refractivity contribution in [3.05, 3.63) is 87.2 Å². The number of carbonyl (C=O) groups is 1. The minimum Gasteiger partial charge on any atom is -0.490 e. The molecule has 0 spiro atoms. The monoisotopic (exact) mass is 419 g/mol. The Balaban J connectivity index is 1.48. The van der Waals surface area contributed by atoms with Crippen LogP contribution in [0.1, 0.15) is 21.6 Å². The molecule has 3 aromatic rings. The van der Waals surface area contributed by atoms with Crippen LogP contribution in [-0.2, 0) is 9.53 Å². The second-order valence-corrected chi connectivity index (χ2v) is 7.76. The van der Waals surface area contributed by atoms with Crippen molar-refractivity contribution in [2.45, 2.75) is 13.8 Å². The first-order chi connectivity index (χ1) is 14.6. The number of hydrogen-bond donors (Lipinski definition) is 0. The zero-order valence-electron chi connectivity index (χ0n) is 16.8. The van der Waals surface area contributed by atoms with Crippen LogP contribution in [0.3, 0.4) is 0 Å². The summed E-state index contributed by atoms with van der Waals surface area (Å²) in [7, 11) is 0. The standard InChI is InChI=1S/C24H21NO4S/c1-16-9-10-21(28-12-11-27-20-7-4-3-6-17(20)2)18(14-16)15-19-24(26)29-23(25-19)22-8-5-13-30-22/h3-10,13-15H,11-12H2,1-2H3. The minimum atomic E-state index is -0.464. The number of cyclic esters (lactones) is 1. The molecule has 0 saturated carbocycles. The van der Waals surface area contributed by atoms with E-state index in [-0.39, 0.29) is 5.70 Å². The fourth-order valence-electron chi connectivity index (χ4n) is 3.00. The quantitative estimate of drug-likeness (QED) is 0.301. The summed E-state index contributed by atoms with van der Waals surface area (Å²) in [5.41, 5.74) is 3.16. The molecule has 0 saturated heterocycles. The number of carbonyl (C=O) groups excluding carboxylic acids is 1. The van der Waals surface area contributed by atoms with Crippen LogP contribution in [0, 0.1) is 13.8 Å². The fraction of sp³-hybridized carbons (Fsp3) is 0.167. The highest BCUT2D eigenvalue weighted by molar-refractivity contribution is 7.12. The molecule has 1 aliphatic heterocycles. The Morgan fingerprint density at radius 3 is 2.57 bits per heavy atom. The summed E-state index contributed by atoms with van der Waals surface area (Å²) in [6, 6.07) is 17.4. The van der Waals surface area contributed by atoms with Gasteiger partial charge in [-0.15, -0.1) is 11.3 Å². The van der Waals surface area contributed by atoms with E-state index in [1.54, 1.807) is 6.08 Å². The first kappa shape index (κ1) is 19.9. The lowest BCUT2D eigenvalue weighted by atomic mass is 10.1. The Morgan fingerprint density at radius 2 is 1.80 bits per heavy atom. The smallest absolute Gasteiger partial charge is 0.363 e. The summed E-state index contributed by atoms with van der Waals surface area (Å²) in [5.74, 6) is 1.38. The van der Waals surface area contributed by atoms with Crippen LogP contribution >= 0.6 is 11.3 Å². The molecule has 152 valence electrons. The number of hydrogen-bond acceptors (Lipinski definition) is 6. The van der Waals surface area contributed by atoms with Gasteiger partial charge in [0.05, 0.1) is 4.88 Å². The summed E-state index contributed by atoms with van der Waals surface area (Å²) in [4.78, 5) is 17.4. The van der Waals surface area contributed by atoms with Crippen LogP contribution in [0.15, 0.2) is 70.7 Å². The van der Waals surface area contributed by atoms with Crippen LogP contribution in [0.2, 0.25) is 0 Å². The largest absolute Gasteiger partial charge is 0.490 e. The van der Waals surface area contributed by atoms with E-state index in [9.17, 15) is 4.79 Å². The maximum Gasteiger partial charge on any atom is 0.363 e. The molecule has 1 aromatic heterocycles. The van der Waals surface area contributed by atoms with E-state index in [4.69, 9.17) is 14.2 Å². The van der Waals surface area contributed by atoms with E-state index < -0.39 is 5.97 Å². The molecule has 30 heavy (non-hydrogen) atoms. The zero-order chi connectivity index (χ0) is 20.9. The normalized spacial score (nSPS) is 14.5. The number of nitrogens with zero attached hydrogens (tertiary/aromatic N) is 1. The second kappa shape index (κ2) is 8.97. The SMILES string of the molecule is Cc1ccc(OCCOc2ccccc2C)c(C=C2N=C(c3cccs3)OC2=O)c1. The molecule has 0 aliphatic carbocycles. The van der Waals surface area contributed by atoms with E-state index >= 15 is 0 Å². The molecule has 5 nitrogen and oxygen atoms in total. The average molecular weight is 420 g/mol. The van der Waals surface area contributed by atoms with Gasteiger partial charge in [-0.05, 0) is 55.1 Å². The molecule has 6 heteroatoms. The van der Waals surface area contributed by atoms with Gasteiger partial charge in [0.2, 0.25) is 5.90 Å². The lowest BCUT2D eigenvalue weighted by molar-refractivity contribution is -0.129. The molecule has 2 aromatic carbocycles. The van der Waals surface area contributed by atoms with Gasteiger partial charge < -0.3 is 14.2 Å². The fourth-order valence-corrected chi connectivity index (χ4v) is 3.64. The first-order valence-corrected chi connectivity index (χ1v) is 10.5. The lowest BCUT2D eigenvalue weighted by Crippen LogP contribution is -2.10. The minimum absolute atomic E-state index is 0.255. The zero-order valence-corrected chi connectivity index (χ0v) is 17.6. The van der Waals surface area contributed by atoms with Gasteiger partial charge in [-0.1, -0.05) is 35.9 Å². The molecule has 0 unspecified atom stereocenters. The second-order valence-electron chi connectivity index (χ2n) is 6.82. The summed E-state index contributed by atoms with van der Waals surface area (Å²) < 4.78 is 17.0. The number of ether oxygens (including phenoxy) is 3. The highest BCUT2D eigenvalue weighted by Gasteiger charge is 2.25. The van der Waals surface area contributed by atoms with Crippen LogP contribution in [0.5, 0.6) is 11.5 Å². The van der Waals surface area contributed by atoms with Crippen molar-refractivity contribution in [1.82, 2.24) is 0 Å². The molecular formula is C24H21NO4S. The number of thiophene rings is 1. The average Bonchev–Trinajstić information content (AvgIpc) is 3.38. The topological polar surface area (TPSA) is 57.1 Å². The molecular weight excluding hydrogens is 398 g/mol. The Kier molecular flexibility index (Phi) is 5.95. The van der Waals surface area contributed by atoms with Crippen molar-refractivity contribution in [2.75, 3.05) is 13.2 Å². The van der Waals surface area contributed by atoms with Crippen molar-refractivity contribution in [3.8, 4) is 11.5 Å². The third kappa shape index (κ3) is 4.60. The van der Waals surface area contributed by atoms with E-state index in [1.807, 2.05) is 73.8 Å². The molecule has 0 atom stereocenters. The molecule has 2 heterocycles. The van der Waals surface area contributed by atoms with E-state index in [0.717, 1.165) is 27.3 Å². The predicted octanol–water partition coefficient (Wildman–Crippen LogP) is 5.17. The molecule has 0 fully saturated rings. The maximum atomic E-state index is 12.3. The van der Waals surface area contributed by atoms with Crippen LogP contribution in [0.25, 0.3) is 6.08 Å². The summed E-state index contributed by atoms with van der Waals surface area (Å²) >= 11 is 1.48. The highest BCUT2D eigenvalue weighted by atomic mass is 32.1. The predicted molar refractivity (Wildman–Crippen MR) is 118 cm³/mol. The number of aryl methyl sites for hydroxylation is 2. The summed E-state index contributed by atoms with van der Waals surface area (Å²) in [5, 5.41) is 1.92. The highest BCUT2D eigenvalue weighted by Crippen LogP contribution is 2.27. The van der Waals surface area contributed by atoms with Crippen molar-refractivity contribution >= 4 is 29.3 Å². The molecule has 0 bridgehead atoms. The van der Waals surface area contributed by atoms with Gasteiger partial charge in [-0.2, -0.15) is 0 Å². The Morgan fingerprint density at radius 1 is 1.00 bits per heavy atom. The Bertz CT molecular complexity index is 1120. The van der Waals surface area contributed by atoms with Crippen LogP contribution in [0.4, 0.5) is 0 Å². The van der Waals surface area contributed by atoms with Gasteiger partial charge in [-0.3, -0.25) is 0 Å². The Labute approximate surface area is 179 Å². The van der Waals surface area contributed by atoms with Gasteiger partial charge in [0.1, 0.15) is 24.7 Å². The number of esters is 1. The van der Waals surface area contributed by atoms with E-state index in [2.05, 4.69) is 4.99 Å². The summed E-state index contributed by atoms with van der Waals surface area (Å²) in [6.45, 7) is 4.78. The maximum absolute atomic E-state index is 12.3. The van der Waals surface area contributed by atoms with Crippen molar-refractivity contribution < 1.29 is 19.0 Å². The van der Waals surface area contributed by atoms with Gasteiger partial charge in [-0.25, -0.2) is 9.79 Å². The number of aliphatic imine (C=N–C) groups is 1. The molecule has 4 rings (SSSR count). The molecule has 0 N–H and O–H groups in total. The van der Waals surface area contributed by atoms with Gasteiger partial charge in [0.25, 0.3) is 0 Å². The van der Waals surface area contributed by atoms with Gasteiger partial charge in [0.15, 0.2) is 5.70 Å². The molecule has 0 radical (unpaired) electrons. The first-order valence-electron chi connectivity index (χ1n) is 9.58. The number of benzene rings is 2. The van der Waals surface area contributed by atoms with E-state index in [1.165, 1.54) is 11.3 Å².